The molecule has 11 heteroatoms. The first-order valence-corrected chi connectivity index (χ1v) is 11.7. The van der Waals surface area contributed by atoms with Gasteiger partial charge in [0.25, 0.3) is 0 Å². The number of aromatic hydroxyl groups is 1. The predicted octanol–water partition coefficient (Wildman–Crippen LogP) is 4.62. The molecule has 0 heterocycles. The molecule has 178 valence electrons. The van der Waals surface area contributed by atoms with Crippen LogP contribution in [0.4, 0.5) is 10.1 Å². The second-order valence-electron chi connectivity index (χ2n) is 6.97. The maximum Gasteiger partial charge on any atom is 0.397 e. The molecule has 0 radical (unpaired) electrons. The third-order valence-corrected chi connectivity index (χ3v) is 6.59. The molecule has 0 fully saturated rings. The second-order valence-corrected chi connectivity index (χ2v) is 9.29. The topological polar surface area (TPSA) is 119 Å². The molecule has 1 amide bonds. The molecular formula is C23H19ClFNO7S. The Morgan fingerprint density at radius 1 is 1.09 bits per heavy atom. The van der Waals surface area contributed by atoms with Crippen LogP contribution in [0.15, 0.2) is 64.4 Å². The molecule has 8 nitrogen and oxygen atoms in total. The van der Waals surface area contributed by atoms with E-state index in [1.165, 1.54) is 18.2 Å². The average Bonchev–Trinajstić information content (AvgIpc) is 2.77. The summed E-state index contributed by atoms with van der Waals surface area (Å²) in [5, 5.41) is 12.6. The van der Waals surface area contributed by atoms with Crippen molar-refractivity contribution in [2.24, 2.45) is 0 Å². The van der Waals surface area contributed by atoms with Gasteiger partial charge in [0, 0.05) is 11.8 Å². The normalized spacial score (nSPS) is 11.1. The Balaban J connectivity index is 1.89. The Bertz CT molecular complexity index is 1340. The molecule has 0 aromatic heterocycles. The van der Waals surface area contributed by atoms with E-state index in [-0.39, 0.29) is 33.7 Å². The highest BCUT2D eigenvalue weighted by atomic mass is 35.5. The van der Waals surface area contributed by atoms with Gasteiger partial charge in [0.15, 0.2) is 0 Å². The number of esters is 1. The lowest BCUT2D eigenvalue weighted by Gasteiger charge is -2.14. The van der Waals surface area contributed by atoms with Crippen molar-refractivity contribution in [2.75, 3.05) is 11.9 Å². The SMILES string of the molecule is CCOC(=O)C(=O)Nc1cc(C)c(Oc2ccc(O)c(S(=O)(=O)c3ccc(F)cc3)c2)c(Cl)c1. The number of carbonyl (C=O) groups is 2. The van der Waals surface area contributed by atoms with Gasteiger partial charge in [-0.1, -0.05) is 11.6 Å². The lowest BCUT2D eigenvalue weighted by Crippen LogP contribution is -2.25. The number of ether oxygens (including phenoxy) is 2. The number of hydrogen-bond donors (Lipinski definition) is 2. The fraction of sp³-hybridized carbons (Fsp3) is 0.130. The van der Waals surface area contributed by atoms with E-state index in [9.17, 15) is 27.5 Å². The number of hydrogen-bond acceptors (Lipinski definition) is 7. The van der Waals surface area contributed by atoms with E-state index < -0.39 is 38.2 Å². The molecule has 0 aliphatic heterocycles. The highest BCUT2D eigenvalue weighted by molar-refractivity contribution is 7.91. The number of carbonyl (C=O) groups excluding carboxylic acids is 2. The average molecular weight is 508 g/mol. The fourth-order valence-corrected chi connectivity index (χ4v) is 4.61. The van der Waals surface area contributed by atoms with E-state index in [0.717, 1.165) is 36.4 Å². The Labute approximate surface area is 199 Å². The Kier molecular flexibility index (Phi) is 7.43. The van der Waals surface area contributed by atoms with Gasteiger partial charge in [-0.25, -0.2) is 17.6 Å². The zero-order valence-corrected chi connectivity index (χ0v) is 19.5. The number of sulfone groups is 1. The highest BCUT2D eigenvalue weighted by Gasteiger charge is 2.23. The van der Waals surface area contributed by atoms with Crippen molar-refractivity contribution < 1.29 is 37.0 Å². The third-order valence-electron chi connectivity index (χ3n) is 4.51. The number of phenols is 1. The molecular weight excluding hydrogens is 489 g/mol. The minimum atomic E-state index is -4.18. The molecule has 2 N–H and O–H groups in total. The summed E-state index contributed by atoms with van der Waals surface area (Å²) in [4.78, 5) is 22.7. The van der Waals surface area contributed by atoms with E-state index in [2.05, 4.69) is 10.1 Å². The monoisotopic (exact) mass is 507 g/mol. The number of phenolic OH excluding ortho intramolecular Hbond substituents is 1. The second kappa shape index (κ2) is 10.1. The van der Waals surface area contributed by atoms with Gasteiger partial charge >= 0.3 is 11.9 Å². The van der Waals surface area contributed by atoms with Crippen LogP contribution in [0.1, 0.15) is 12.5 Å². The van der Waals surface area contributed by atoms with Crippen LogP contribution in [-0.2, 0) is 24.2 Å². The first kappa shape index (κ1) is 25.0. The number of nitrogens with one attached hydrogen (secondary N) is 1. The van der Waals surface area contributed by atoms with Crippen LogP contribution >= 0.6 is 11.6 Å². The number of aryl methyl sites for hydroxylation is 1. The van der Waals surface area contributed by atoms with Crippen molar-refractivity contribution in [3.05, 3.63) is 71.0 Å². The van der Waals surface area contributed by atoms with Crippen molar-refractivity contribution in [3.8, 4) is 17.2 Å². The van der Waals surface area contributed by atoms with Crippen LogP contribution in [0.2, 0.25) is 5.02 Å². The van der Waals surface area contributed by atoms with Gasteiger partial charge in [0.05, 0.1) is 16.5 Å². The summed E-state index contributed by atoms with van der Waals surface area (Å²) in [6, 6.07) is 10.6. The lowest BCUT2D eigenvalue weighted by atomic mass is 10.2. The fourth-order valence-electron chi connectivity index (χ4n) is 2.94. The molecule has 0 saturated carbocycles. The Morgan fingerprint density at radius 3 is 2.38 bits per heavy atom. The van der Waals surface area contributed by atoms with Gasteiger partial charge < -0.3 is 19.9 Å². The van der Waals surface area contributed by atoms with Crippen LogP contribution in [0, 0.1) is 12.7 Å². The molecule has 3 aromatic carbocycles. The van der Waals surface area contributed by atoms with Gasteiger partial charge in [0.1, 0.15) is 28.0 Å². The third kappa shape index (κ3) is 5.46. The van der Waals surface area contributed by atoms with Crippen LogP contribution in [0.25, 0.3) is 0 Å². The van der Waals surface area contributed by atoms with E-state index in [1.54, 1.807) is 13.8 Å². The summed E-state index contributed by atoms with van der Waals surface area (Å²) in [7, 11) is -4.18. The summed E-state index contributed by atoms with van der Waals surface area (Å²) in [6.07, 6.45) is 0. The summed E-state index contributed by atoms with van der Waals surface area (Å²) in [5.74, 6) is -2.93. The van der Waals surface area contributed by atoms with Gasteiger partial charge in [0.2, 0.25) is 9.84 Å². The molecule has 34 heavy (non-hydrogen) atoms. The molecule has 3 rings (SSSR count). The van der Waals surface area contributed by atoms with Gasteiger partial charge in [-0.05, 0) is 67.9 Å². The number of benzene rings is 3. The summed E-state index contributed by atoms with van der Waals surface area (Å²) in [5.41, 5.74) is 0.681. The van der Waals surface area contributed by atoms with E-state index >= 15 is 0 Å². The zero-order chi connectivity index (χ0) is 25.0. The summed E-state index contributed by atoms with van der Waals surface area (Å²) < 4.78 is 49.4. The number of amides is 1. The van der Waals surface area contributed by atoms with Crippen molar-refractivity contribution >= 4 is 39.0 Å². The quantitative estimate of drug-likeness (QED) is 0.284. The van der Waals surface area contributed by atoms with Crippen LogP contribution in [-0.4, -0.2) is 32.0 Å². The van der Waals surface area contributed by atoms with E-state index in [0.29, 0.717) is 5.56 Å². The molecule has 0 spiro atoms. The van der Waals surface area contributed by atoms with Crippen molar-refractivity contribution in [1.29, 1.82) is 0 Å². The maximum absolute atomic E-state index is 13.2. The van der Waals surface area contributed by atoms with E-state index in [4.69, 9.17) is 16.3 Å². The van der Waals surface area contributed by atoms with Crippen LogP contribution < -0.4 is 10.1 Å². The lowest BCUT2D eigenvalue weighted by molar-refractivity contribution is -0.152. The minimum Gasteiger partial charge on any atom is -0.507 e. The Hall–Kier alpha value is -3.63. The number of rotatable bonds is 6. The molecule has 0 atom stereocenters. The number of halogens is 2. The largest absolute Gasteiger partial charge is 0.507 e. The molecule has 0 unspecified atom stereocenters. The van der Waals surface area contributed by atoms with Crippen LogP contribution in [0.5, 0.6) is 17.2 Å². The smallest absolute Gasteiger partial charge is 0.397 e. The van der Waals surface area contributed by atoms with Crippen molar-refractivity contribution in [1.82, 2.24) is 0 Å². The summed E-state index contributed by atoms with van der Waals surface area (Å²) in [6.45, 7) is 3.24. The molecule has 3 aromatic rings. The standard InChI is InChI=1S/C23H19ClFNO7S/c1-3-32-23(29)22(28)26-15-10-13(2)21(18(24)11-15)33-16-6-9-19(27)20(12-16)34(30,31)17-7-4-14(25)5-8-17/h4-12,27H,3H2,1-2H3,(H,26,28). The van der Waals surface area contributed by atoms with Gasteiger partial charge in [-0.15, -0.1) is 0 Å². The maximum atomic E-state index is 13.2. The minimum absolute atomic E-state index is 0.0459. The molecule has 0 aliphatic carbocycles. The summed E-state index contributed by atoms with van der Waals surface area (Å²) >= 11 is 6.28. The van der Waals surface area contributed by atoms with Crippen molar-refractivity contribution in [3.63, 3.8) is 0 Å². The first-order valence-electron chi connectivity index (χ1n) is 9.82. The van der Waals surface area contributed by atoms with Gasteiger partial charge in [-0.2, -0.15) is 0 Å². The van der Waals surface area contributed by atoms with E-state index in [1.807, 2.05) is 0 Å². The van der Waals surface area contributed by atoms with Crippen LogP contribution in [0.3, 0.4) is 0 Å². The molecule has 0 saturated heterocycles. The molecule has 0 bridgehead atoms. The van der Waals surface area contributed by atoms with Gasteiger partial charge in [-0.3, -0.25) is 4.79 Å². The first-order chi connectivity index (χ1) is 16.0. The number of anilines is 1. The molecule has 0 aliphatic rings. The predicted molar refractivity (Wildman–Crippen MR) is 121 cm³/mol. The highest BCUT2D eigenvalue weighted by Crippen LogP contribution is 2.38. The van der Waals surface area contributed by atoms with Crippen molar-refractivity contribution in [2.45, 2.75) is 23.6 Å². The zero-order valence-electron chi connectivity index (χ0n) is 18.0. The Morgan fingerprint density at radius 2 is 1.76 bits per heavy atom.